The van der Waals surface area contributed by atoms with Gasteiger partial charge in [-0.15, -0.1) is 11.3 Å². The van der Waals surface area contributed by atoms with Crippen LogP contribution in [0.4, 0.5) is 5.82 Å². The molecule has 0 saturated carbocycles. The number of nitrogens with zero attached hydrogens (tertiary/aromatic N) is 3. The van der Waals surface area contributed by atoms with Crippen molar-refractivity contribution in [3.8, 4) is 11.3 Å². The van der Waals surface area contributed by atoms with E-state index in [-0.39, 0.29) is 0 Å². The van der Waals surface area contributed by atoms with Crippen molar-refractivity contribution in [2.45, 2.75) is 6.92 Å². The first-order valence-corrected chi connectivity index (χ1v) is 7.41. The van der Waals surface area contributed by atoms with Crippen LogP contribution in [0.1, 0.15) is 5.56 Å². The molecule has 0 fully saturated rings. The Bertz CT molecular complexity index is 960. The van der Waals surface area contributed by atoms with Gasteiger partial charge < -0.3 is 5.73 Å². The van der Waals surface area contributed by atoms with E-state index in [0.717, 1.165) is 37.3 Å². The maximum absolute atomic E-state index is 5.95. The number of aromatic nitrogens is 3. The molecule has 4 nitrogen and oxygen atoms in total. The Hall–Kier alpha value is -2.53. The summed E-state index contributed by atoms with van der Waals surface area (Å²) in [4.78, 5) is 14.2. The number of aryl methyl sites for hydroxylation is 1. The van der Waals surface area contributed by atoms with Crippen molar-refractivity contribution in [1.29, 1.82) is 0 Å². The van der Waals surface area contributed by atoms with E-state index in [2.05, 4.69) is 35.1 Å². The van der Waals surface area contributed by atoms with Crippen molar-refractivity contribution >= 4 is 37.6 Å². The maximum Gasteiger partial charge on any atom is 0.144 e. The fraction of sp³-hybridized carbons (Fsp3) is 0.0625. The van der Waals surface area contributed by atoms with Crippen LogP contribution in [0.3, 0.4) is 0 Å². The van der Waals surface area contributed by atoms with Gasteiger partial charge in [0.05, 0.1) is 15.9 Å². The van der Waals surface area contributed by atoms with E-state index in [1.54, 1.807) is 11.3 Å². The van der Waals surface area contributed by atoms with Crippen LogP contribution in [0.2, 0.25) is 0 Å². The monoisotopic (exact) mass is 292 g/mol. The predicted molar refractivity (Wildman–Crippen MR) is 87.3 cm³/mol. The third-order valence-electron chi connectivity index (χ3n) is 3.52. The van der Waals surface area contributed by atoms with E-state index in [1.165, 1.54) is 6.33 Å². The zero-order valence-electron chi connectivity index (χ0n) is 11.4. The molecule has 4 rings (SSSR count). The molecule has 0 aliphatic carbocycles. The first-order valence-electron chi connectivity index (χ1n) is 6.60. The van der Waals surface area contributed by atoms with Crippen LogP contribution in [-0.2, 0) is 0 Å². The highest BCUT2D eigenvalue weighted by Crippen LogP contribution is 2.37. The molecule has 0 bridgehead atoms. The minimum absolute atomic E-state index is 0.517. The van der Waals surface area contributed by atoms with E-state index in [4.69, 9.17) is 10.7 Å². The third-order valence-corrected chi connectivity index (χ3v) is 4.62. The minimum Gasteiger partial charge on any atom is -0.382 e. The fourth-order valence-corrected chi connectivity index (χ4v) is 3.63. The SMILES string of the molecule is Cc1cc(-c2ccccc2)nc2sc3c(N)ncnc3c12. The second-order valence-corrected chi connectivity index (χ2v) is 5.91. The van der Waals surface area contributed by atoms with Gasteiger partial charge in [-0.3, -0.25) is 0 Å². The van der Waals surface area contributed by atoms with Crippen LogP contribution in [0, 0.1) is 6.92 Å². The lowest BCUT2D eigenvalue weighted by Crippen LogP contribution is -1.90. The molecular formula is C16H12N4S. The van der Waals surface area contributed by atoms with Gasteiger partial charge in [-0.1, -0.05) is 30.3 Å². The molecule has 0 amide bonds. The number of rotatable bonds is 1. The number of thiophene rings is 1. The Morgan fingerprint density at radius 2 is 1.90 bits per heavy atom. The summed E-state index contributed by atoms with van der Waals surface area (Å²) in [5.74, 6) is 0.517. The fourth-order valence-electron chi connectivity index (χ4n) is 2.52. The zero-order valence-corrected chi connectivity index (χ0v) is 12.2. The first kappa shape index (κ1) is 12.2. The third kappa shape index (κ3) is 1.86. The number of hydrogen-bond acceptors (Lipinski definition) is 5. The van der Waals surface area contributed by atoms with E-state index >= 15 is 0 Å². The maximum atomic E-state index is 5.95. The van der Waals surface area contributed by atoms with Gasteiger partial charge in [0.2, 0.25) is 0 Å². The lowest BCUT2D eigenvalue weighted by molar-refractivity contribution is 1.24. The highest BCUT2D eigenvalue weighted by Gasteiger charge is 2.14. The van der Waals surface area contributed by atoms with Gasteiger partial charge in [-0.25, -0.2) is 15.0 Å². The molecule has 1 aromatic carbocycles. The van der Waals surface area contributed by atoms with Crippen molar-refractivity contribution < 1.29 is 0 Å². The summed E-state index contributed by atoms with van der Waals surface area (Å²) >= 11 is 1.55. The molecular weight excluding hydrogens is 280 g/mol. The van der Waals surface area contributed by atoms with Crippen LogP contribution in [0.15, 0.2) is 42.7 Å². The van der Waals surface area contributed by atoms with Crippen molar-refractivity contribution in [3.63, 3.8) is 0 Å². The Labute approximate surface area is 125 Å². The lowest BCUT2D eigenvalue weighted by Gasteiger charge is -2.03. The van der Waals surface area contributed by atoms with Crippen LogP contribution in [-0.4, -0.2) is 15.0 Å². The average Bonchev–Trinajstić information content (AvgIpc) is 2.89. The lowest BCUT2D eigenvalue weighted by atomic mass is 10.1. The normalized spacial score (nSPS) is 11.3. The molecule has 2 N–H and O–H groups in total. The Morgan fingerprint density at radius 1 is 1.10 bits per heavy atom. The predicted octanol–water partition coefficient (Wildman–Crippen LogP) is 3.80. The molecule has 0 atom stereocenters. The van der Waals surface area contributed by atoms with Crippen LogP contribution in [0.25, 0.3) is 31.7 Å². The highest BCUT2D eigenvalue weighted by molar-refractivity contribution is 7.26. The quantitative estimate of drug-likeness (QED) is 0.579. The Balaban J connectivity index is 2.07. The number of nitrogen functional groups attached to an aromatic ring is 1. The van der Waals surface area contributed by atoms with Crippen molar-refractivity contribution in [1.82, 2.24) is 15.0 Å². The van der Waals surface area contributed by atoms with Crippen molar-refractivity contribution in [2.24, 2.45) is 0 Å². The topological polar surface area (TPSA) is 64.7 Å². The summed E-state index contributed by atoms with van der Waals surface area (Å²) in [5, 5.41) is 1.07. The van der Waals surface area contributed by atoms with Gasteiger partial charge in [0.1, 0.15) is 17.0 Å². The Kier molecular flexibility index (Phi) is 2.62. The molecule has 5 heteroatoms. The van der Waals surface area contributed by atoms with E-state index in [0.29, 0.717) is 5.82 Å². The number of nitrogens with two attached hydrogens (primary N) is 1. The molecule has 102 valence electrons. The van der Waals surface area contributed by atoms with Crippen molar-refractivity contribution in [2.75, 3.05) is 5.73 Å². The van der Waals surface area contributed by atoms with Crippen LogP contribution < -0.4 is 5.73 Å². The van der Waals surface area contributed by atoms with Gasteiger partial charge in [0.25, 0.3) is 0 Å². The second-order valence-electron chi connectivity index (χ2n) is 4.91. The average molecular weight is 292 g/mol. The number of benzene rings is 1. The van der Waals surface area contributed by atoms with Gasteiger partial charge >= 0.3 is 0 Å². The van der Waals surface area contributed by atoms with Gasteiger partial charge in [-0.2, -0.15) is 0 Å². The molecule has 3 heterocycles. The number of fused-ring (bicyclic) bond motifs is 3. The molecule has 0 radical (unpaired) electrons. The highest BCUT2D eigenvalue weighted by atomic mass is 32.1. The summed E-state index contributed by atoms with van der Waals surface area (Å²) in [6.07, 6.45) is 1.51. The molecule has 0 saturated heterocycles. The zero-order chi connectivity index (χ0) is 14.4. The molecule has 0 aliphatic heterocycles. The number of hydrogen-bond donors (Lipinski definition) is 1. The van der Waals surface area contributed by atoms with Gasteiger partial charge in [0, 0.05) is 10.9 Å². The van der Waals surface area contributed by atoms with Crippen molar-refractivity contribution in [3.05, 3.63) is 48.3 Å². The largest absolute Gasteiger partial charge is 0.382 e. The van der Waals surface area contributed by atoms with Gasteiger partial charge in [-0.05, 0) is 18.6 Å². The summed E-state index contributed by atoms with van der Waals surface area (Å²) < 4.78 is 0.910. The molecule has 3 aromatic heterocycles. The Morgan fingerprint density at radius 3 is 2.71 bits per heavy atom. The molecule has 21 heavy (non-hydrogen) atoms. The van der Waals surface area contributed by atoms with E-state index in [1.807, 2.05) is 18.2 Å². The van der Waals surface area contributed by atoms with Gasteiger partial charge in [0.15, 0.2) is 0 Å². The molecule has 0 unspecified atom stereocenters. The van der Waals surface area contributed by atoms with Crippen LogP contribution in [0.5, 0.6) is 0 Å². The smallest absolute Gasteiger partial charge is 0.144 e. The molecule has 0 aliphatic rings. The van der Waals surface area contributed by atoms with E-state index in [9.17, 15) is 0 Å². The van der Waals surface area contributed by atoms with E-state index < -0.39 is 0 Å². The minimum atomic E-state index is 0.517. The summed E-state index contributed by atoms with van der Waals surface area (Å²) in [6.45, 7) is 2.08. The second kappa shape index (κ2) is 4.49. The number of anilines is 1. The summed E-state index contributed by atoms with van der Waals surface area (Å²) in [5.41, 5.74) is 10.1. The standard InChI is InChI=1S/C16H12N4S/c1-9-7-11(10-5-3-2-4-6-10)20-16-12(9)13-14(21-16)15(17)19-8-18-13/h2-8H,1H3,(H2,17,18,19). The first-order chi connectivity index (χ1) is 10.2. The molecule has 4 aromatic rings. The van der Waals surface area contributed by atoms with Crippen LogP contribution >= 0.6 is 11.3 Å². The number of pyridine rings is 1. The summed E-state index contributed by atoms with van der Waals surface area (Å²) in [7, 11) is 0. The summed E-state index contributed by atoms with van der Waals surface area (Å²) in [6, 6.07) is 12.3. The molecule has 0 spiro atoms.